The molecule has 0 fully saturated rings. The van der Waals surface area contributed by atoms with E-state index < -0.39 is 24.7 Å². The third-order valence-corrected chi connectivity index (χ3v) is 19.7. The lowest BCUT2D eigenvalue weighted by molar-refractivity contribution is 1.31. The zero-order valence-corrected chi connectivity index (χ0v) is 27.3. The molecule has 0 aliphatic heterocycles. The van der Waals surface area contributed by atoms with Crippen molar-refractivity contribution in [2.24, 2.45) is 0 Å². The summed E-state index contributed by atoms with van der Waals surface area (Å²) in [4.78, 5) is 2.62. The molecule has 0 spiro atoms. The van der Waals surface area contributed by atoms with Crippen LogP contribution in [0.5, 0.6) is 0 Å². The summed E-state index contributed by atoms with van der Waals surface area (Å²) < 4.78 is 40.1. The zero-order chi connectivity index (χ0) is 21.0. The Kier molecular flexibility index (Phi) is 7.04. The monoisotopic (exact) mass is 927 g/mol. The molecule has 4 rings (SSSR count). The van der Waals surface area contributed by atoms with Crippen molar-refractivity contribution in [2.45, 2.75) is 6.42 Å². The summed E-state index contributed by atoms with van der Waals surface area (Å²) in [5.74, 6) is 0. The van der Waals surface area contributed by atoms with Crippen molar-refractivity contribution in [2.75, 3.05) is 0 Å². The second-order valence-corrected chi connectivity index (χ2v) is 18.1. The van der Waals surface area contributed by atoms with Gasteiger partial charge in [0.05, 0.1) is 14.5 Å². The van der Waals surface area contributed by atoms with Gasteiger partial charge in [0.2, 0.25) is 0 Å². The molecule has 0 nitrogen and oxygen atoms in total. The van der Waals surface area contributed by atoms with Gasteiger partial charge in [0, 0.05) is 45.4 Å². The SMILES string of the molecule is [2H]P(I)c1sc2cc(Cc3cc4sc(P([2H])I)c(P([2H])I)c4s3)sc2c1P([2H])I. The van der Waals surface area contributed by atoms with Gasteiger partial charge in [0.25, 0.3) is 0 Å². The lowest BCUT2D eigenvalue weighted by Gasteiger charge is -1.97. The molecule has 4 heterocycles. The van der Waals surface area contributed by atoms with Gasteiger partial charge in [-0.15, -0.1) is 45.3 Å². The largest absolute Gasteiger partial charge is 0.138 e. The fourth-order valence-corrected chi connectivity index (χ4v) is 21.1. The molecule has 4 aromatic rings. The molecule has 0 aliphatic carbocycles. The number of halogens is 4. The quantitative estimate of drug-likeness (QED) is 0.135. The molecule has 0 N–H and O–H groups in total. The molecule has 0 saturated carbocycles. The van der Waals surface area contributed by atoms with Gasteiger partial charge in [0.15, 0.2) is 0 Å². The van der Waals surface area contributed by atoms with Crippen LogP contribution >= 0.6 is 158 Å². The van der Waals surface area contributed by atoms with Gasteiger partial charge in [-0.05, 0) is 36.8 Å². The van der Waals surface area contributed by atoms with Crippen molar-refractivity contribution in [1.29, 1.82) is 5.11 Å². The van der Waals surface area contributed by atoms with Crippen LogP contribution in [0, 0.1) is 0 Å². The van der Waals surface area contributed by atoms with Gasteiger partial charge in [0.1, 0.15) is 0 Å². The number of fused-ring (bicyclic) bond motifs is 2. The third kappa shape index (κ3) is 4.61. The Hall–Kier alpha value is 3.96. The van der Waals surface area contributed by atoms with Crippen LogP contribution in [0.25, 0.3) is 18.8 Å². The van der Waals surface area contributed by atoms with Crippen molar-refractivity contribution >= 4 is 197 Å². The van der Waals surface area contributed by atoms with E-state index in [-0.39, 0.29) is 0 Å². The lowest BCUT2D eigenvalue weighted by Crippen LogP contribution is -2.04. The first-order valence-electron chi connectivity index (χ1n) is 8.35. The summed E-state index contributed by atoms with van der Waals surface area (Å²) in [6, 6.07) is 4.51. The maximum atomic E-state index is 8.31. The topological polar surface area (TPSA) is 0 Å². The van der Waals surface area contributed by atoms with Crippen LogP contribution in [0.3, 0.4) is 0 Å². The molecular formula is C13H8I4P4S4. The van der Waals surface area contributed by atoms with E-state index in [1.54, 1.807) is 45.3 Å². The van der Waals surface area contributed by atoms with Crippen molar-refractivity contribution in [3.8, 4) is 0 Å². The minimum atomic E-state index is -0.988. The highest BCUT2D eigenvalue weighted by Crippen LogP contribution is 2.41. The van der Waals surface area contributed by atoms with E-state index in [0.717, 1.165) is 26.3 Å². The first-order valence-corrected chi connectivity index (χ1v) is 24.6. The predicted octanol–water partition coefficient (Wildman–Crippen LogP) is 8.45. The lowest BCUT2D eigenvalue weighted by atomic mass is 10.3. The Balaban J connectivity index is 1.70. The summed E-state index contributed by atoms with van der Waals surface area (Å²) in [6.07, 6.45) is -2.98. The van der Waals surface area contributed by atoms with E-state index >= 15 is 0 Å². The van der Waals surface area contributed by atoms with Crippen LogP contribution in [0.1, 0.15) is 9.75 Å². The number of thiophene rings is 4. The number of hydrogen-bond donors (Lipinski definition) is 0. The smallest absolute Gasteiger partial charge is 0.0748 e. The summed E-state index contributed by atoms with van der Waals surface area (Å²) in [7, 11) is 0. The van der Waals surface area contributed by atoms with Crippen molar-refractivity contribution in [3.05, 3.63) is 21.9 Å². The van der Waals surface area contributed by atoms with Crippen LogP contribution in [0.15, 0.2) is 12.1 Å². The van der Waals surface area contributed by atoms with Crippen molar-refractivity contribution in [1.82, 2.24) is 0 Å². The molecule has 25 heavy (non-hydrogen) atoms. The standard InChI is InChI=1S/C13H8I4P4S4/c14-18-8-10-6(24-12(8)20-16)2-4(22-10)1-5-3-7-11(23-5)9(19-15)13(21-17)25-7/h2-3,18-21H,1H2/i18D,19D,20D,21D. The third-order valence-electron chi connectivity index (χ3n) is 3.42. The van der Waals surface area contributed by atoms with Gasteiger partial charge >= 0.3 is 0 Å². The highest BCUT2D eigenvalue weighted by Gasteiger charge is 2.17. The van der Waals surface area contributed by atoms with Gasteiger partial charge in [-0.1, -0.05) is 88.2 Å². The van der Waals surface area contributed by atoms with Crippen LogP contribution in [0.2, 0.25) is 0 Å². The molecule has 12 heteroatoms. The van der Waals surface area contributed by atoms with Crippen LogP contribution in [0.4, 0.5) is 0 Å². The Labute approximate surface area is 226 Å². The molecule has 0 saturated heterocycles. The average molecular weight is 928 g/mol. The Morgan fingerprint density at radius 3 is 1.52 bits per heavy atom. The zero-order valence-electron chi connectivity index (χ0n) is 15.8. The minimum absolute atomic E-state index is 0.885. The van der Waals surface area contributed by atoms with E-state index in [9.17, 15) is 0 Å². The van der Waals surface area contributed by atoms with Crippen molar-refractivity contribution in [3.63, 3.8) is 0 Å². The first-order chi connectivity index (χ1) is 13.7. The molecule has 0 radical (unpaired) electrons. The Morgan fingerprint density at radius 1 is 0.720 bits per heavy atom. The van der Waals surface area contributed by atoms with Crippen LogP contribution < -0.4 is 19.8 Å². The molecule has 4 atom stereocenters. The molecule has 4 unspecified atom stereocenters. The van der Waals surface area contributed by atoms with Gasteiger partial charge < -0.3 is 0 Å². The van der Waals surface area contributed by atoms with Gasteiger partial charge in [-0.2, -0.15) is 0 Å². The van der Waals surface area contributed by atoms with E-state index in [4.69, 9.17) is 5.11 Å². The van der Waals surface area contributed by atoms with E-state index in [1.165, 1.54) is 28.6 Å². The van der Waals surface area contributed by atoms with E-state index in [1.807, 2.05) is 0 Å². The summed E-state index contributed by atoms with van der Waals surface area (Å²) in [5, 5.41) is 2.23. The molecule has 4 aromatic heterocycles. The average Bonchev–Trinajstić information content (AvgIpc) is 3.30. The van der Waals surface area contributed by atoms with Gasteiger partial charge in [-0.25, -0.2) is 0 Å². The van der Waals surface area contributed by atoms with Crippen LogP contribution in [-0.4, -0.2) is 5.11 Å². The number of hydrogen-bond acceptors (Lipinski definition) is 4. The predicted molar refractivity (Wildman–Crippen MR) is 170 cm³/mol. The molecule has 0 amide bonds. The fourth-order valence-electron chi connectivity index (χ4n) is 2.44. The highest BCUT2D eigenvalue weighted by molar-refractivity contribution is 14.2. The normalized spacial score (nSPS) is 19.4. The second kappa shape index (κ2) is 10.1. The summed E-state index contributed by atoms with van der Waals surface area (Å²) >= 11 is 15.8. The Morgan fingerprint density at radius 2 is 1.16 bits per heavy atom. The molecular weight excluding hydrogens is 916 g/mol. The molecule has 0 bridgehead atoms. The maximum absolute atomic E-state index is 8.31. The molecule has 0 aliphatic rings. The molecule has 0 aromatic carbocycles. The summed E-state index contributed by atoms with van der Waals surface area (Å²) in [6.45, 7) is 0. The van der Waals surface area contributed by atoms with Gasteiger partial charge in [-0.3, -0.25) is 0 Å². The van der Waals surface area contributed by atoms with E-state index in [2.05, 4.69) is 100 Å². The minimum Gasteiger partial charge on any atom is -0.138 e. The Bertz CT molecular complexity index is 1090. The molecule has 132 valence electrons. The van der Waals surface area contributed by atoms with Crippen LogP contribution in [-0.2, 0) is 6.42 Å². The maximum Gasteiger partial charge on any atom is 0.0748 e. The second-order valence-electron chi connectivity index (χ2n) is 4.84. The summed E-state index contributed by atoms with van der Waals surface area (Å²) in [5.41, 5.74) is 0. The fraction of sp³-hybridized carbons (Fsp3) is 0.0769. The van der Waals surface area contributed by atoms with Crippen molar-refractivity contribution < 1.29 is 0 Å². The highest BCUT2D eigenvalue weighted by atomic mass is 127. The first kappa shape index (κ1) is 17.5. The van der Waals surface area contributed by atoms with E-state index in [0.29, 0.717) is 0 Å². The number of rotatable bonds is 6.